The van der Waals surface area contributed by atoms with E-state index in [4.69, 9.17) is 0 Å². The minimum absolute atomic E-state index is 0.147. The van der Waals surface area contributed by atoms with Crippen molar-refractivity contribution in [1.29, 1.82) is 0 Å². The summed E-state index contributed by atoms with van der Waals surface area (Å²) < 4.78 is 1.79. The number of aromatic nitrogens is 2. The number of aryl methyl sites for hydroxylation is 2. The highest BCUT2D eigenvalue weighted by Crippen LogP contribution is 2.42. The topological polar surface area (TPSA) is 76.0 Å². The summed E-state index contributed by atoms with van der Waals surface area (Å²) in [6, 6.07) is 15.4. The summed E-state index contributed by atoms with van der Waals surface area (Å²) in [5.74, 6) is 0.549. The predicted molar refractivity (Wildman–Crippen MR) is 120 cm³/mol. The second kappa shape index (κ2) is 7.54. The zero-order chi connectivity index (χ0) is 21.5. The van der Waals surface area contributed by atoms with E-state index in [-0.39, 0.29) is 17.7 Å². The molecule has 1 aliphatic heterocycles. The first kappa shape index (κ1) is 19.3. The molecule has 0 radical (unpaired) electrons. The first-order valence-electron chi connectivity index (χ1n) is 10.6. The maximum atomic E-state index is 13.1. The van der Waals surface area contributed by atoms with Crippen LogP contribution in [0.4, 0.5) is 11.5 Å². The molecule has 1 amide bonds. The molecular formula is C25H24N4O2. The minimum Gasteiger partial charge on any atom is -0.343 e. The molecule has 156 valence electrons. The van der Waals surface area contributed by atoms with Crippen molar-refractivity contribution in [2.45, 2.75) is 39.2 Å². The molecule has 0 saturated heterocycles. The van der Waals surface area contributed by atoms with Gasteiger partial charge in [-0.2, -0.15) is 5.10 Å². The average Bonchev–Trinajstić information content (AvgIpc) is 3.18. The van der Waals surface area contributed by atoms with Gasteiger partial charge in [0.25, 0.3) is 5.91 Å². The molecular weight excluding hydrogens is 388 g/mol. The number of rotatable bonds is 3. The van der Waals surface area contributed by atoms with Gasteiger partial charge in [-0.25, -0.2) is 4.68 Å². The first-order valence-corrected chi connectivity index (χ1v) is 10.6. The second-order valence-electron chi connectivity index (χ2n) is 8.22. The maximum absolute atomic E-state index is 13.1. The third kappa shape index (κ3) is 3.34. The average molecular weight is 412 g/mol. The van der Waals surface area contributed by atoms with Gasteiger partial charge in [-0.1, -0.05) is 42.0 Å². The van der Waals surface area contributed by atoms with E-state index >= 15 is 0 Å². The van der Waals surface area contributed by atoms with Gasteiger partial charge in [-0.3, -0.25) is 9.59 Å². The fourth-order valence-corrected chi connectivity index (χ4v) is 4.44. The van der Waals surface area contributed by atoms with Crippen LogP contribution in [-0.2, 0) is 4.79 Å². The smallest absolute Gasteiger partial charge is 0.261 e. The largest absolute Gasteiger partial charge is 0.343 e. The molecule has 1 aliphatic carbocycles. The van der Waals surface area contributed by atoms with Crippen LogP contribution >= 0.6 is 0 Å². The van der Waals surface area contributed by atoms with Crippen molar-refractivity contribution in [3.05, 3.63) is 88.3 Å². The number of nitrogens with zero attached hydrogens (tertiary/aromatic N) is 2. The van der Waals surface area contributed by atoms with Crippen molar-refractivity contribution in [2.75, 3.05) is 10.6 Å². The van der Waals surface area contributed by atoms with Gasteiger partial charge in [-0.05, 0) is 49.9 Å². The first-order chi connectivity index (χ1) is 15.0. The number of ketones is 1. The summed E-state index contributed by atoms with van der Waals surface area (Å²) in [6.45, 7) is 4.05. The molecule has 2 heterocycles. The fraction of sp³-hybridized carbons (Fsp3) is 0.240. The summed E-state index contributed by atoms with van der Waals surface area (Å²) in [5, 5.41) is 10.9. The van der Waals surface area contributed by atoms with Gasteiger partial charge >= 0.3 is 0 Å². The van der Waals surface area contributed by atoms with Gasteiger partial charge in [0.2, 0.25) is 0 Å². The quantitative estimate of drug-likeness (QED) is 0.649. The van der Waals surface area contributed by atoms with Crippen LogP contribution in [0.2, 0.25) is 0 Å². The number of nitrogens with one attached hydrogen (secondary N) is 2. The van der Waals surface area contributed by atoms with E-state index in [0.717, 1.165) is 46.5 Å². The second-order valence-corrected chi connectivity index (χ2v) is 8.22. The Labute approximate surface area is 181 Å². The van der Waals surface area contributed by atoms with Crippen molar-refractivity contribution in [3.63, 3.8) is 0 Å². The lowest BCUT2D eigenvalue weighted by atomic mass is 9.84. The van der Waals surface area contributed by atoms with Gasteiger partial charge in [-0.15, -0.1) is 0 Å². The predicted octanol–water partition coefficient (Wildman–Crippen LogP) is 4.77. The molecule has 0 fully saturated rings. The molecule has 0 spiro atoms. The Morgan fingerprint density at radius 2 is 1.87 bits per heavy atom. The van der Waals surface area contributed by atoms with Crippen molar-refractivity contribution < 1.29 is 9.59 Å². The van der Waals surface area contributed by atoms with Gasteiger partial charge in [0.15, 0.2) is 5.78 Å². The molecule has 6 nitrogen and oxygen atoms in total. The minimum atomic E-state index is -0.332. The lowest BCUT2D eigenvalue weighted by Crippen LogP contribution is -2.32. The lowest BCUT2D eigenvalue weighted by Gasteiger charge is -2.34. The number of hydrogen-bond acceptors (Lipinski definition) is 4. The Balaban J connectivity index is 1.58. The normalized spacial score (nSPS) is 17.6. The molecule has 5 rings (SSSR count). The maximum Gasteiger partial charge on any atom is 0.261 e. The SMILES string of the molecule is Cc1ccc(NC(=O)c2cnn3c2NC2=C(C(=O)CCC2)C3c2ccccc2C)cc1. The van der Waals surface area contributed by atoms with Crippen molar-refractivity contribution >= 4 is 23.2 Å². The van der Waals surface area contributed by atoms with Crippen LogP contribution in [0.3, 0.4) is 0 Å². The molecule has 31 heavy (non-hydrogen) atoms. The van der Waals surface area contributed by atoms with Gasteiger partial charge < -0.3 is 10.6 Å². The highest BCUT2D eigenvalue weighted by molar-refractivity contribution is 6.08. The Kier molecular flexibility index (Phi) is 4.70. The molecule has 3 aromatic rings. The van der Waals surface area contributed by atoms with Crippen LogP contribution in [0.25, 0.3) is 0 Å². The number of benzene rings is 2. The monoisotopic (exact) mass is 412 g/mol. The van der Waals surface area contributed by atoms with E-state index in [2.05, 4.69) is 15.7 Å². The van der Waals surface area contributed by atoms with Crippen LogP contribution in [-0.4, -0.2) is 21.5 Å². The Morgan fingerprint density at radius 1 is 1.10 bits per heavy atom. The molecule has 2 N–H and O–H groups in total. The van der Waals surface area contributed by atoms with E-state index < -0.39 is 0 Å². The van der Waals surface area contributed by atoms with Crippen LogP contribution in [0.15, 0.2) is 66.0 Å². The zero-order valence-corrected chi connectivity index (χ0v) is 17.6. The summed E-state index contributed by atoms with van der Waals surface area (Å²) >= 11 is 0. The molecule has 0 saturated carbocycles. The molecule has 2 aliphatic rings. The highest BCUT2D eigenvalue weighted by Gasteiger charge is 2.38. The van der Waals surface area contributed by atoms with Crippen LogP contribution in [0.5, 0.6) is 0 Å². The van der Waals surface area contributed by atoms with Gasteiger partial charge in [0.1, 0.15) is 17.4 Å². The van der Waals surface area contributed by atoms with Crippen LogP contribution in [0.1, 0.15) is 52.4 Å². The number of carbonyl (C=O) groups excluding carboxylic acids is 2. The van der Waals surface area contributed by atoms with Crippen molar-refractivity contribution in [1.82, 2.24) is 9.78 Å². The highest BCUT2D eigenvalue weighted by atomic mass is 16.1. The van der Waals surface area contributed by atoms with Gasteiger partial charge in [0.05, 0.1) is 6.20 Å². The van der Waals surface area contributed by atoms with E-state index in [1.165, 1.54) is 0 Å². The van der Waals surface area contributed by atoms with E-state index in [1.54, 1.807) is 10.9 Å². The number of anilines is 2. The number of carbonyl (C=O) groups is 2. The summed E-state index contributed by atoms with van der Waals surface area (Å²) in [7, 11) is 0. The molecule has 6 heteroatoms. The molecule has 1 atom stereocenters. The number of allylic oxidation sites excluding steroid dienone is 2. The van der Waals surface area contributed by atoms with Crippen LogP contribution < -0.4 is 10.6 Å². The molecule has 0 bridgehead atoms. The van der Waals surface area contributed by atoms with Crippen molar-refractivity contribution in [2.24, 2.45) is 0 Å². The van der Waals surface area contributed by atoms with E-state index in [0.29, 0.717) is 17.8 Å². The molecule has 1 aromatic heterocycles. The zero-order valence-electron chi connectivity index (χ0n) is 17.6. The Hall–Kier alpha value is -3.67. The molecule has 1 unspecified atom stereocenters. The number of amides is 1. The molecule has 2 aromatic carbocycles. The lowest BCUT2D eigenvalue weighted by molar-refractivity contribution is -0.116. The Morgan fingerprint density at radius 3 is 2.65 bits per heavy atom. The third-order valence-corrected chi connectivity index (χ3v) is 6.08. The third-order valence-electron chi connectivity index (χ3n) is 6.08. The summed E-state index contributed by atoms with van der Waals surface area (Å²) in [4.78, 5) is 26.0. The summed E-state index contributed by atoms with van der Waals surface area (Å²) in [6.07, 6.45) is 3.72. The summed E-state index contributed by atoms with van der Waals surface area (Å²) in [5.41, 5.74) is 6.11. The number of Topliss-reactive ketones (excluding diaryl/α,β-unsaturated/α-hetero) is 1. The number of fused-ring (bicyclic) bond motifs is 1. The van der Waals surface area contributed by atoms with Gasteiger partial charge in [0, 0.05) is 23.4 Å². The fourth-order valence-electron chi connectivity index (χ4n) is 4.44. The van der Waals surface area contributed by atoms with E-state index in [9.17, 15) is 9.59 Å². The Bertz CT molecular complexity index is 1220. The standard InChI is InChI=1S/C25H24N4O2/c1-15-10-12-17(13-11-15)27-25(31)19-14-26-29-23(18-7-4-3-6-16(18)2)22-20(28-24(19)29)8-5-9-21(22)30/h3-4,6-7,10-14,23,28H,5,8-9H2,1-2H3,(H,27,31). The van der Waals surface area contributed by atoms with E-state index in [1.807, 2.05) is 62.4 Å². The number of hydrogen-bond donors (Lipinski definition) is 2. The van der Waals surface area contributed by atoms with Crippen LogP contribution in [0, 0.1) is 13.8 Å². The van der Waals surface area contributed by atoms with Crippen molar-refractivity contribution in [3.8, 4) is 0 Å².